The van der Waals surface area contributed by atoms with E-state index < -0.39 is 59.8 Å². The summed E-state index contributed by atoms with van der Waals surface area (Å²) in [4.78, 5) is 87.0. The minimum atomic E-state index is -1.38. The first-order valence-corrected chi connectivity index (χ1v) is 15.9. The van der Waals surface area contributed by atoms with Crippen LogP contribution in [-0.2, 0) is 33.6 Å². The molecule has 0 spiro atoms. The lowest BCUT2D eigenvalue weighted by atomic mass is 10.0. The maximum Gasteiger partial charge on any atom is 0.245 e. The zero-order chi connectivity index (χ0) is 35.9. The van der Waals surface area contributed by atoms with Crippen molar-refractivity contribution < 1.29 is 38.7 Å². The third-order valence-electron chi connectivity index (χ3n) is 6.83. The number of hydrogen-bond acceptors (Lipinski definition) is 11. The molecule has 0 saturated heterocycles. The van der Waals surface area contributed by atoms with Crippen LogP contribution in [-0.4, -0.2) is 116 Å². The standard InChI is InChI=1S/C29H56N10O8/c1-17(2)14-22(36-24(43)15-33-16-40)28(46)38-20(8-11-31)26(44)37-21(9-12-32)27(45)39-25(19(4)41)29(47)34-13-5-6-23(42)35-18(3)7-10-30/h16-22,25,41H,5-15,30-32H2,1-4H3,(H,33,40)(H,34,47)(H,35,42)(H,36,43)(H,37,44)(H,38,46)(H,39,45). The zero-order valence-electron chi connectivity index (χ0n) is 27.9. The molecular formula is C29H56N10O8. The van der Waals surface area contributed by atoms with Crippen LogP contribution in [0, 0.1) is 5.92 Å². The van der Waals surface area contributed by atoms with E-state index in [2.05, 4.69) is 37.2 Å². The summed E-state index contributed by atoms with van der Waals surface area (Å²) < 4.78 is 0. The van der Waals surface area contributed by atoms with Gasteiger partial charge >= 0.3 is 0 Å². The molecule has 18 heteroatoms. The highest BCUT2D eigenvalue weighted by Gasteiger charge is 2.32. The van der Waals surface area contributed by atoms with Crippen LogP contribution in [0.2, 0.25) is 0 Å². The summed E-state index contributed by atoms with van der Waals surface area (Å²) in [6, 6.07) is -4.91. The molecule has 18 nitrogen and oxygen atoms in total. The van der Waals surface area contributed by atoms with Gasteiger partial charge in [-0.25, -0.2) is 0 Å². The highest BCUT2D eigenvalue weighted by atomic mass is 16.3. The van der Waals surface area contributed by atoms with Crippen molar-refractivity contribution in [1.82, 2.24) is 37.2 Å². The topological polar surface area (TPSA) is 302 Å². The summed E-state index contributed by atoms with van der Waals surface area (Å²) in [5.74, 6) is -3.74. The molecule has 6 atom stereocenters. The van der Waals surface area contributed by atoms with Gasteiger partial charge in [0, 0.05) is 19.0 Å². The lowest BCUT2D eigenvalue weighted by molar-refractivity contribution is -0.135. The van der Waals surface area contributed by atoms with Gasteiger partial charge in [0.25, 0.3) is 0 Å². The van der Waals surface area contributed by atoms with Crippen LogP contribution in [0.1, 0.15) is 66.2 Å². The van der Waals surface area contributed by atoms with Crippen LogP contribution in [0.25, 0.3) is 0 Å². The van der Waals surface area contributed by atoms with Crippen molar-refractivity contribution >= 4 is 41.9 Å². The van der Waals surface area contributed by atoms with Gasteiger partial charge in [0.05, 0.1) is 12.6 Å². The lowest BCUT2D eigenvalue weighted by Crippen LogP contribution is -2.60. The highest BCUT2D eigenvalue weighted by molar-refractivity contribution is 5.95. The molecule has 0 aromatic heterocycles. The quantitative estimate of drug-likeness (QED) is 0.0325. The normalized spacial score (nSPS) is 14.7. The number of nitrogens with two attached hydrogens (primary N) is 3. The summed E-state index contributed by atoms with van der Waals surface area (Å²) in [6.45, 7) is 6.98. The van der Waals surface area contributed by atoms with E-state index in [9.17, 15) is 38.7 Å². The number of carbonyl (C=O) groups is 7. The number of hydrogen-bond donors (Lipinski definition) is 11. The van der Waals surface area contributed by atoms with E-state index in [4.69, 9.17) is 17.2 Å². The molecule has 0 aromatic rings. The van der Waals surface area contributed by atoms with E-state index in [1.807, 2.05) is 20.8 Å². The van der Waals surface area contributed by atoms with Crippen molar-refractivity contribution in [2.24, 2.45) is 23.1 Å². The summed E-state index contributed by atoms with van der Waals surface area (Å²) in [6.07, 6.45) is 0.309. The molecule has 0 rings (SSSR count). The molecule has 270 valence electrons. The van der Waals surface area contributed by atoms with Crippen molar-refractivity contribution in [3.63, 3.8) is 0 Å². The number of amides is 7. The van der Waals surface area contributed by atoms with E-state index in [1.165, 1.54) is 6.92 Å². The fourth-order valence-corrected chi connectivity index (χ4v) is 4.40. The van der Waals surface area contributed by atoms with Gasteiger partial charge < -0.3 is 59.5 Å². The molecule has 47 heavy (non-hydrogen) atoms. The Morgan fingerprint density at radius 3 is 1.70 bits per heavy atom. The highest BCUT2D eigenvalue weighted by Crippen LogP contribution is 2.07. The lowest BCUT2D eigenvalue weighted by Gasteiger charge is -2.27. The molecule has 0 aliphatic rings. The van der Waals surface area contributed by atoms with Crippen LogP contribution >= 0.6 is 0 Å². The van der Waals surface area contributed by atoms with Gasteiger partial charge in [-0.2, -0.15) is 0 Å². The molecule has 0 saturated carbocycles. The fraction of sp³-hybridized carbons (Fsp3) is 0.759. The summed E-state index contributed by atoms with van der Waals surface area (Å²) in [5, 5.41) is 27.9. The van der Waals surface area contributed by atoms with Crippen molar-refractivity contribution in [3.8, 4) is 0 Å². The van der Waals surface area contributed by atoms with Gasteiger partial charge in [-0.3, -0.25) is 33.6 Å². The van der Waals surface area contributed by atoms with Gasteiger partial charge in [-0.1, -0.05) is 13.8 Å². The second-order valence-electron chi connectivity index (χ2n) is 11.7. The number of aliphatic hydroxyl groups excluding tert-OH is 1. The number of aliphatic hydroxyl groups is 1. The maximum atomic E-state index is 13.2. The average Bonchev–Trinajstić information content (AvgIpc) is 2.99. The molecule has 0 heterocycles. The molecule has 0 fully saturated rings. The van der Waals surface area contributed by atoms with Crippen molar-refractivity contribution in [2.75, 3.05) is 32.7 Å². The van der Waals surface area contributed by atoms with Crippen LogP contribution in [0.4, 0.5) is 0 Å². The van der Waals surface area contributed by atoms with E-state index in [-0.39, 0.29) is 69.7 Å². The first-order chi connectivity index (χ1) is 22.2. The van der Waals surface area contributed by atoms with Crippen molar-refractivity contribution in [3.05, 3.63) is 0 Å². The molecule has 0 aliphatic carbocycles. The Hall–Kier alpha value is -3.87. The summed E-state index contributed by atoms with van der Waals surface area (Å²) >= 11 is 0. The predicted octanol–water partition coefficient (Wildman–Crippen LogP) is -4.45. The van der Waals surface area contributed by atoms with Gasteiger partial charge in [-0.05, 0) is 71.5 Å². The van der Waals surface area contributed by atoms with E-state index in [0.29, 0.717) is 25.8 Å². The average molecular weight is 673 g/mol. The molecule has 6 unspecified atom stereocenters. The Morgan fingerprint density at radius 2 is 1.21 bits per heavy atom. The molecule has 0 bridgehead atoms. The van der Waals surface area contributed by atoms with Gasteiger partial charge in [0.1, 0.15) is 24.2 Å². The maximum absolute atomic E-state index is 13.2. The summed E-state index contributed by atoms with van der Waals surface area (Å²) in [5.41, 5.74) is 16.8. The van der Waals surface area contributed by atoms with E-state index in [1.54, 1.807) is 0 Å². The Labute approximate surface area is 276 Å². The molecule has 0 radical (unpaired) electrons. The van der Waals surface area contributed by atoms with Crippen LogP contribution in [0.5, 0.6) is 0 Å². The van der Waals surface area contributed by atoms with Crippen molar-refractivity contribution in [1.29, 1.82) is 0 Å². The molecule has 14 N–H and O–H groups in total. The number of carbonyl (C=O) groups excluding carboxylic acids is 7. The monoisotopic (exact) mass is 672 g/mol. The van der Waals surface area contributed by atoms with E-state index in [0.717, 1.165) is 0 Å². The molecule has 0 aliphatic heterocycles. The Morgan fingerprint density at radius 1 is 0.681 bits per heavy atom. The number of rotatable bonds is 25. The first-order valence-electron chi connectivity index (χ1n) is 15.9. The fourth-order valence-electron chi connectivity index (χ4n) is 4.40. The van der Waals surface area contributed by atoms with Gasteiger partial charge in [0.2, 0.25) is 41.9 Å². The van der Waals surface area contributed by atoms with Crippen LogP contribution in [0.15, 0.2) is 0 Å². The predicted molar refractivity (Wildman–Crippen MR) is 174 cm³/mol. The second-order valence-corrected chi connectivity index (χ2v) is 11.7. The van der Waals surface area contributed by atoms with Gasteiger partial charge in [0.15, 0.2) is 0 Å². The summed E-state index contributed by atoms with van der Waals surface area (Å²) in [7, 11) is 0. The Kier molecular flexibility index (Phi) is 22.3. The van der Waals surface area contributed by atoms with Crippen molar-refractivity contribution in [2.45, 2.75) is 103 Å². The second kappa shape index (κ2) is 24.3. The third-order valence-corrected chi connectivity index (χ3v) is 6.83. The van der Waals surface area contributed by atoms with Crippen LogP contribution < -0.4 is 54.4 Å². The SMILES string of the molecule is CC(C)CC(NC(=O)CNC=O)C(=O)NC(CCN)C(=O)NC(CCN)C(=O)NC(C(=O)NCCCC(=O)NC(C)CCN)C(C)O. The molecular weight excluding hydrogens is 616 g/mol. The first kappa shape index (κ1) is 43.1. The van der Waals surface area contributed by atoms with Gasteiger partial charge in [-0.15, -0.1) is 0 Å². The smallest absolute Gasteiger partial charge is 0.245 e. The van der Waals surface area contributed by atoms with Crippen LogP contribution in [0.3, 0.4) is 0 Å². The molecule has 0 aromatic carbocycles. The number of nitrogens with one attached hydrogen (secondary N) is 7. The Bertz CT molecular complexity index is 1010. The third kappa shape index (κ3) is 18.8. The minimum Gasteiger partial charge on any atom is -0.391 e. The zero-order valence-corrected chi connectivity index (χ0v) is 27.9. The Balaban J connectivity index is 5.42. The largest absolute Gasteiger partial charge is 0.391 e. The molecule has 7 amide bonds. The minimum absolute atomic E-state index is 0.00472. The van der Waals surface area contributed by atoms with E-state index >= 15 is 0 Å².